The largest absolute Gasteiger partial charge is 0.383 e. The van der Waals surface area contributed by atoms with E-state index in [-0.39, 0.29) is 16.5 Å². The Bertz CT molecular complexity index is 734. The Morgan fingerprint density at radius 3 is 2.52 bits per heavy atom. The molecule has 0 fully saturated rings. The van der Waals surface area contributed by atoms with Gasteiger partial charge in [-0.05, 0) is 40.1 Å². The monoisotopic (exact) mass is 339 g/mol. The van der Waals surface area contributed by atoms with Gasteiger partial charge in [-0.25, -0.2) is 13.4 Å². The molecule has 0 saturated heterocycles. The molecule has 0 aliphatic rings. The molecule has 0 bridgehead atoms. The standard InChI is InChI=1S/C14H21N5O3S/c1-10-14(11(2)22-17-10)23(20,21)18-13-6-5-12(9-16-13)15-7-8-19(3)4/h5-6,9,15H,7-8H2,1-4H3,(H,16,18). The van der Waals surface area contributed by atoms with E-state index in [1.807, 2.05) is 14.1 Å². The fourth-order valence-corrected chi connectivity index (χ4v) is 3.37. The van der Waals surface area contributed by atoms with Crippen LogP contribution in [-0.2, 0) is 10.0 Å². The van der Waals surface area contributed by atoms with E-state index in [1.165, 1.54) is 0 Å². The Labute approximate surface area is 135 Å². The predicted octanol–water partition coefficient (Wildman–Crippen LogP) is 1.46. The van der Waals surface area contributed by atoms with Crippen molar-refractivity contribution >= 4 is 21.5 Å². The molecule has 0 spiro atoms. The van der Waals surface area contributed by atoms with E-state index in [4.69, 9.17) is 4.52 Å². The van der Waals surface area contributed by atoms with Crippen molar-refractivity contribution in [2.75, 3.05) is 37.2 Å². The second-order valence-electron chi connectivity index (χ2n) is 5.42. The summed E-state index contributed by atoms with van der Waals surface area (Å²) in [7, 11) is 0.217. The molecule has 0 saturated carbocycles. The number of rotatable bonds is 7. The van der Waals surface area contributed by atoms with E-state index < -0.39 is 10.0 Å². The van der Waals surface area contributed by atoms with E-state index in [9.17, 15) is 8.42 Å². The van der Waals surface area contributed by atoms with Gasteiger partial charge in [-0.15, -0.1) is 0 Å². The van der Waals surface area contributed by atoms with Crippen LogP contribution in [0.1, 0.15) is 11.5 Å². The topological polar surface area (TPSA) is 100 Å². The lowest BCUT2D eigenvalue weighted by Crippen LogP contribution is -2.20. The molecule has 2 aromatic heterocycles. The molecule has 2 rings (SSSR count). The smallest absolute Gasteiger partial charge is 0.268 e. The highest BCUT2D eigenvalue weighted by molar-refractivity contribution is 7.92. The van der Waals surface area contributed by atoms with Gasteiger partial charge in [0.2, 0.25) is 0 Å². The molecule has 8 nitrogen and oxygen atoms in total. The third-order valence-electron chi connectivity index (χ3n) is 3.13. The fourth-order valence-electron chi connectivity index (χ4n) is 2.03. The van der Waals surface area contributed by atoms with Gasteiger partial charge in [-0.2, -0.15) is 0 Å². The van der Waals surface area contributed by atoms with Crippen molar-refractivity contribution in [1.82, 2.24) is 15.0 Å². The number of likely N-dealkylation sites (N-methyl/N-ethyl adjacent to an activating group) is 1. The van der Waals surface area contributed by atoms with Gasteiger partial charge in [0.15, 0.2) is 10.7 Å². The predicted molar refractivity (Wildman–Crippen MR) is 88.1 cm³/mol. The molecular weight excluding hydrogens is 318 g/mol. The van der Waals surface area contributed by atoms with Crippen LogP contribution >= 0.6 is 0 Å². The highest BCUT2D eigenvalue weighted by Gasteiger charge is 2.24. The van der Waals surface area contributed by atoms with Gasteiger partial charge >= 0.3 is 0 Å². The van der Waals surface area contributed by atoms with Crippen molar-refractivity contribution in [3.63, 3.8) is 0 Å². The maximum Gasteiger partial charge on any atom is 0.268 e. The minimum atomic E-state index is -3.77. The number of aromatic nitrogens is 2. The van der Waals surface area contributed by atoms with Crippen LogP contribution in [0.15, 0.2) is 27.7 Å². The summed E-state index contributed by atoms with van der Waals surface area (Å²) in [4.78, 5) is 6.22. The van der Waals surface area contributed by atoms with Crippen molar-refractivity contribution in [2.24, 2.45) is 0 Å². The normalized spacial score (nSPS) is 11.7. The van der Waals surface area contributed by atoms with Gasteiger partial charge in [0.05, 0.1) is 11.9 Å². The third kappa shape index (κ3) is 4.42. The Morgan fingerprint density at radius 1 is 1.26 bits per heavy atom. The number of aryl methyl sites for hydroxylation is 2. The van der Waals surface area contributed by atoms with Crippen LogP contribution in [0.4, 0.5) is 11.5 Å². The molecule has 0 unspecified atom stereocenters. The zero-order chi connectivity index (χ0) is 17.0. The van der Waals surface area contributed by atoms with Crippen LogP contribution in [-0.4, -0.2) is 50.6 Å². The molecule has 2 aromatic rings. The Morgan fingerprint density at radius 2 is 2.00 bits per heavy atom. The van der Waals surface area contributed by atoms with E-state index in [0.29, 0.717) is 5.69 Å². The van der Waals surface area contributed by atoms with E-state index in [1.54, 1.807) is 32.2 Å². The molecule has 0 radical (unpaired) electrons. The maximum atomic E-state index is 12.4. The summed E-state index contributed by atoms with van der Waals surface area (Å²) in [6.07, 6.45) is 1.58. The minimum absolute atomic E-state index is 0.0486. The van der Waals surface area contributed by atoms with Gasteiger partial charge in [-0.1, -0.05) is 5.16 Å². The molecular formula is C14H21N5O3S. The molecule has 0 amide bonds. The first-order valence-corrected chi connectivity index (χ1v) is 8.58. The minimum Gasteiger partial charge on any atom is -0.383 e. The third-order valence-corrected chi connectivity index (χ3v) is 4.73. The lowest BCUT2D eigenvalue weighted by Gasteiger charge is -2.11. The fraction of sp³-hybridized carbons (Fsp3) is 0.429. The van der Waals surface area contributed by atoms with Crippen molar-refractivity contribution in [3.05, 3.63) is 29.8 Å². The summed E-state index contributed by atoms with van der Waals surface area (Å²) in [5.74, 6) is 0.486. The highest BCUT2D eigenvalue weighted by Crippen LogP contribution is 2.21. The van der Waals surface area contributed by atoms with E-state index in [0.717, 1.165) is 18.8 Å². The summed E-state index contributed by atoms with van der Waals surface area (Å²) in [5.41, 5.74) is 1.14. The van der Waals surface area contributed by atoms with Crippen LogP contribution in [0.3, 0.4) is 0 Å². The van der Waals surface area contributed by atoms with Crippen molar-refractivity contribution in [3.8, 4) is 0 Å². The average Bonchev–Trinajstić information content (AvgIpc) is 2.80. The van der Waals surface area contributed by atoms with Crippen LogP contribution in [0.2, 0.25) is 0 Å². The van der Waals surface area contributed by atoms with Crippen LogP contribution < -0.4 is 10.0 Å². The maximum absolute atomic E-state index is 12.4. The van der Waals surface area contributed by atoms with E-state index >= 15 is 0 Å². The Kier molecular flexibility index (Phi) is 5.22. The lowest BCUT2D eigenvalue weighted by atomic mass is 10.4. The zero-order valence-corrected chi connectivity index (χ0v) is 14.4. The summed E-state index contributed by atoms with van der Waals surface area (Å²) < 4.78 is 32.1. The molecule has 0 aliphatic heterocycles. The van der Waals surface area contributed by atoms with Gasteiger partial charge < -0.3 is 14.7 Å². The Balaban J connectivity index is 2.06. The quantitative estimate of drug-likeness (QED) is 0.787. The summed E-state index contributed by atoms with van der Waals surface area (Å²) in [5, 5.41) is 6.86. The number of anilines is 2. The summed E-state index contributed by atoms with van der Waals surface area (Å²) >= 11 is 0. The Hall–Kier alpha value is -2.13. The highest BCUT2D eigenvalue weighted by atomic mass is 32.2. The van der Waals surface area contributed by atoms with Crippen LogP contribution in [0, 0.1) is 13.8 Å². The number of sulfonamides is 1. The number of hydrogen-bond acceptors (Lipinski definition) is 7. The molecule has 0 aliphatic carbocycles. The van der Waals surface area contributed by atoms with Crippen molar-refractivity contribution in [2.45, 2.75) is 18.7 Å². The second-order valence-corrected chi connectivity index (χ2v) is 7.04. The van der Waals surface area contributed by atoms with Crippen molar-refractivity contribution in [1.29, 1.82) is 0 Å². The van der Waals surface area contributed by atoms with Gasteiger partial charge in [0.1, 0.15) is 11.5 Å². The second kappa shape index (κ2) is 6.97. The number of nitrogens with one attached hydrogen (secondary N) is 2. The van der Waals surface area contributed by atoms with Gasteiger partial charge in [0, 0.05) is 13.1 Å². The molecule has 9 heteroatoms. The molecule has 126 valence electrons. The SMILES string of the molecule is Cc1noc(C)c1S(=O)(=O)Nc1ccc(NCCN(C)C)cn1. The van der Waals surface area contributed by atoms with E-state index in [2.05, 4.69) is 25.1 Å². The lowest BCUT2D eigenvalue weighted by molar-refractivity contribution is 0.390. The number of hydrogen-bond donors (Lipinski definition) is 2. The molecule has 2 heterocycles. The first kappa shape index (κ1) is 17.2. The molecule has 0 aromatic carbocycles. The first-order chi connectivity index (χ1) is 10.8. The number of nitrogens with zero attached hydrogens (tertiary/aromatic N) is 3. The first-order valence-electron chi connectivity index (χ1n) is 7.10. The van der Waals surface area contributed by atoms with Crippen molar-refractivity contribution < 1.29 is 12.9 Å². The average molecular weight is 339 g/mol. The summed E-state index contributed by atoms with van der Waals surface area (Å²) in [6, 6.07) is 3.38. The molecule has 0 atom stereocenters. The number of pyridine rings is 1. The molecule has 23 heavy (non-hydrogen) atoms. The molecule has 2 N–H and O–H groups in total. The van der Waals surface area contributed by atoms with Crippen LogP contribution in [0.5, 0.6) is 0 Å². The zero-order valence-electron chi connectivity index (χ0n) is 13.6. The van der Waals surface area contributed by atoms with Gasteiger partial charge in [-0.3, -0.25) is 4.72 Å². The van der Waals surface area contributed by atoms with Crippen LogP contribution in [0.25, 0.3) is 0 Å². The van der Waals surface area contributed by atoms with Gasteiger partial charge in [0.25, 0.3) is 10.0 Å². The summed E-state index contributed by atoms with van der Waals surface area (Å²) in [6.45, 7) is 4.80.